The van der Waals surface area contributed by atoms with E-state index >= 15 is 0 Å². The zero-order chi connectivity index (χ0) is 20.9. The van der Waals surface area contributed by atoms with E-state index < -0.39 is 0 Å². The summed E-state index contributed by atoms with van der Waals surface area (Å²) in [6.07, 6.45) is 5.58. The van der Waals surface area contributed by atoms with Gasteiger partial charge in [0, 0.05) is 48.5 Å². The first-order chi connectivity index (χ1) is 14.6. The zero-order valence-electron chi connectivity index (χ0n) is 16.9. The van der Waals surface area contributed by atoms with Gasteiger partial charge >= 0.3 is 0 Å². The van der Waals surface area contributed by atoms with Crippen LogP contribution in [-0.4, -0.2) is 38.8 Å². The molecule has 154 valence electrons. The molecule has 1 aliphatic rings. The van der Waals surface area contributed by atoms with Crippen molar-refractivity contribution >= 4 is 17.5 Å². The van der Waals surface area contributed by atoms with E-state index in [0.29, 0.717) is 12.5 Å². The largest absolute Gasteiger partial charge is 0.342 e. The summed E-state index contributed by atoms with van der Waals surface area (Å²) in [5, 5.41) is 3.22. The van der Waals surface area contributed by atoms with Crippen LogP contribution in [0, 0.1) is 12.7 Å². The zero-order valence-corrected chi connectivity index (χ0v) is 16.9. The van der Waals surface area contributed by atoms with Crippen molar-refractivity contribution in [2.24, 2.45) is 0 Å². The Morgan fingerprint density at radius 2 is 1.97 bits per heavy atom. The fraction of sp³-hybridized carbons (Fsp3) is 0.304. The van der Waals surface area contributed by atoms with Crippen molar-refractivity contribution in [3.05, 3.63) is 77.6 Å². The molecule has 0 spiro atoms. The average molecular weight is 405 g/mol. The van der Waals surface area contributed by atoms with E-state index in [1.807, 2.05) is 24.0 Å². The van der Waals surface area contributed by atoms with E-state index in [4.69, 9.17) is 4.98 Å². The van der Waals surface area contributed by atoms with Crippen LogP contribution in [0.5, 0.6) is 0 Å². The van der Waals surface area contributed by atoms with Gasteiger partial charge in [-0.3, -0.25) is 9.78 Å². The molecular formula is C23H24FN5O. The van der Waals surface area contributed by atoms with Gasteiger partial charge in [0.1, 0.15) is 5.82 Å². The molecule has 0 unspecified atom stereocenters. The molecule has 0 saturated carbocycles. The Hall–Kier alpha value is -3.35. The minimum atomic E-state index is -0.292. The SMILES string of the molecule is Cc1cc(Nc2ncccn2)cc([C@H]2CCCN(C(=O)Cc3ccc(F)cc3)C2)n1. The van der Waals surface area contributed by atoms with Crippen LogP contribution in [0.2, 0.25) is 0 Å². The van der Waals surface area contributed by atoms with Crippen LogP contribution in [-0.2, 0) is 11.2 Å². The van der Waals surface area contributed by atoms with Crippen molar-refractivity contribution in [3.8, 4) is 0 Å². The molecule has 3 heterocycles. The minimum absolute atomic E-state index is 0.0648. The Kier molecular flexibility index (Phi) is 5.97. The minimum Gasteiger partial charge on any atom is -0.342 e. The molecule has 1 atom stereocenters. The number of nitrogens with zero attached hydrogens (tertiary/aromatic N) is 4. The molecule has 30 heavy (non-hydrogen) atoms. The number of carbonyl (C=O) groups is 1. The number of aryl methyl sites for hydroxylation is 1. The van der Waals surface area contributed by atoms with Crippen LogP contribution in [0.25, 0.3) is 0 Å². The number of piperidine rings is 1. The van der Waals surface area contributed by atoms with Gasteiger partial charge in [0.05, 0.1) is 6.42 Å². The van der Waals surface area contributed by atoms with Crippen molar-refractivity contribution in [2.45, 2.75) is 32.1 Å². The number of hydrogen-bond acceptors (Lipinski definition) is 5. The summed E-state index contributed by atoms with van der Waals surface area (Å²) < 4.78 is 13.1. The Morgan fingerprint density at radius 3 is 2.73 bits per heavy atom. The summed E-state index contributed by atoms with van der Waals surface area (Å²) in [4.78, 5) is 27.8. The fourth-order valence-electron chi connectivity index (χ4n) is 3.80. The van der Waals surface area contributed by atoms with Gasteiger partial charge in [-0.05, 0) is 55.7 Å². The lowest BCUT2D eigenvalue weighted by molar-refractivity contribution is -0.131. The molecule has 1 amide bonds. The lowest BCUT2D eigenvalue weighted by Crippen LogP contribution is -2.40. The number of nitrogens with one attached hydrogen (secondary N) is 1. The van der Waals surface area contributed by atoms with E-state index in [-0.39, 0.29) is 24.1 Å². The summed E-state index contributed by atoms with van der Waals surface area (Å²) in [5.41, 5.74) is 3.58. The Labute approximate surface area is 175 Å². The lowest BCUT2D eigenvalue weighted by Gasteiger charge is -2.33. The van der Waals surface area contributed by atoms with Crippen LogP contribution in [0.3, 0.4) is 0 Å². The number of carbonyl (C=O) groups excluding carboxylic acids is 1. The number of pyridine rings is 1. The predicted molar refractivity (Wildman–Crippen MR) is 113 cm³/mol. The predicted octanol–water partition coefficient (Wildman–Crippen LogP) is 4.01. The number of hydrogen-bond donors (Lipinski definition) is 1. The Morgan fingerprint density at radius 1 is 1.20 bits per heavy atom. The number of rotatable bonds is 5. The first-order valence-electron chi connectivity index (χ1n) is 10.1. The molecule has 6 nitrogen and oxygen atoms in total. The maximum atomic E-state index is 13.1. The number of benzene rings is 1. The summed E-state index contributed by atoms with van der Waals surface area (Å²) in [5.74, 6) is 0.483. The topological polar surface area (TPSA) is 71.0 Å². The highest BCUT2D eigenvalue weighted by Gasteiger charge is 2.26. The molecule has 1 N–H and O–H groups in total. The number of halogens is 1. The van der Waals surface area contributed by atoms with Crippen LogP contribution < -0.4 is 5.32 Å². The maximum Gasteiger partial charge on any atom is 0.227 e. The molecule has 0 aliphatic carbocycles. The maximum absolute atomic E-state index is 13.1. The van der Waals surface area contributed by atoms with Crippen LogP contribution >= 0.6 is 0 Å². The van der Waals surface area contributed by atoms with Gasteiger partial charge in [0.2, 0.25) is 11.9 Å². The molecule has 7 heteroatoms. The second-order valence-electron chi connectivity index (χ2n) is 7.60. The van der Waals surface area contributed by atoms with E-state index in [2.05, 4.69) is 15.3 Å². The van der Waals surface area contributed by atoms with Crippen LogP contribution in [0.15, 0.2) is 54.9 Å². The normalized spacial score (nSPS) is 16.3. The average Bonchev–Trinajstić information content (AvgIpc) is 2.76. The van der Waals surface area contributed by atoms with E-state index in [9.17, 15) is 9.18 Å². The molecule has 3 aromatic rings. The van der Waals surface area contributed by atoms with Crippen molar-refractivity contribution in [1.82, 2.24) is 19.9 Å². The summed E-state index contributed by atoms with van der Waals surface area (Å²) >= 11 is 0. The van der Waals surface area contributed by atoms with E-state index in [1.165, 1.54) is 12.1 Å². The van der Waals surface area contributed by atoms with Crippen LogP contribution in [0.1, 0.15) is 35.7 Å². The molecule has 1 saturated heterocycles. The van der Waals surface area contributed by atoms with Gasteiger partial charge in [-0.15, -0.1) is 0 Å². The lowest BCUT2D eigenvalue weighted by atomic mass is 9.93. The standard InChI is InChI=1S/C23H24FN5O/c1-16-12-20(28-23-25-9-3-10-26-23)14-21(27-16)18-4-2-11-29(15-18)22(30)13-17-5-7-19(24)8-6-17/h3,5-10,12,14,18H,2,4,11,13,15H2,1H3,(H,25,26,27,28)/t18-/m0/s1. The highest BCUT2D eigenvalue weighted by molar-refractivity contribution is 5.79. The molecule has 2 aromatic heterocycles. The number of aromatic nitrogens is 3. The molecule has 0 radical (unpaired) electrons. The van der Waals surface area contributed by atoms with Gasteiger partial charge in [-0.2, -0.15) is 0 Å². The first kappa shape index (κ1) is 19.9. The second kappa shape index (κ2) is 8.98. The van der Waals surface area contributed by atoms with Gasteiger partial charge in [0.25, 0.3) is 0 Å². The number of likely N-dealkylation sites (tertiary alicyclic amines) is 1. The third-order valence-electron chi connectivity index (χ3n) is 5.26. The van der Waals surface area contributed by atoms with Gasteiger partial charge in [0.15, 0.2) is 0 Å². The Bertz CT molecular complexity index is 1010. The molecular weight excluding hydrogens is 381 g/mol. The number of anilines is 2. The first-order valence-corrected chi connectivity index (χ1v) is 10.1. The molecule has 0 bridgehead atoms. The quantitative estimate of drug-likeness (QED) is 0.694. The van der Waals surface area contributed by atoms with Crippen molar-refractivity contribution < 1.29 is 9.18 Å². The van der Waals surface area contributed by atoms with Gasteiger partial charge in [-0.1, -0.05) is 12.1 Å². The van der Waals surface area contributed by atoms with Crippen molar-refractivity contribution in [3.63, 3.8) is 0 Å². The third-order valence-corrected chi connectivity index (χ3v) is 5.26. The Balaban J connectivity index is 1.46. The van der Waals surface area contributed by atoms with Crippen molar-refractivity contribution in [1.29, 1.82) is 0 Å². The highest BCUT2D eigenvalue weighted by atomic mass is 19.1. The second-order valence-corrected chi connectivity index (χ2v) is 7.60. The van der Waals surface area contributed by atoms with Gasteiger partial charge in [-0.25, -0.2) is 14.4 Å². The highest BCUT2D eigenvalue weighted by Crippen LogP contribution is 2.28. The summed E-state index contributed by atoms with van der Waals surface area (Å²) in [6.45, 7) is 3.34. The summed E-state index contributed by atoms with van der Waals surface area (Å²) in [7, 11) is 0. The monoisotopic (exact) mass is 405 g/mol. The molecule has 4 rings (SSSR count). The third kappa shape index (κ3) is 4.97. The summed E-state index contributed by atoms with van der Waals surface area (Å²) in [6, 6.07) is 11.9. The van der Waals surface area contributed by atoms with Gasteiger partial charge < -0.3 is 10.2 Å². The molecule has 1 aliphatic heterocycles. The number of amides is 1. The van der Waals surface area contributed by atoms with Crippen LogP contribution in [0.4, 0.5) is 16.0 Å². The van der Waals surface area contributed by atoms with E-state index in [1.54, 1.807) is 30.6 Å². The molecule has 1 aromatic carbocycles. The smallest absolute Gasteiger partial charge is 0.227 e. The molecule has 1 fully saturated rings. The fourth-order valence-corrected chi connectivity index (χ4v) is 3.80. The van der Waals surface area contributed by atoms with E-state index in [0.717, 1.165) is 42.0 Å². The van der Waals surface area contributed by atoms with Crippen molar-refractivity contribution in [2.75, 3.05) is 18.4 Å².